The summed E-state index contributed by atoms with van der Waals surface area (Å²) in [4.78, 5) is 9.73. The van der Waals surface area contributed by atoms with E-state index in [1.807, 2.05) is 0 Å². The zero-order valence-corrected chi connectivity index (χ0v) is 5.09. The third kappa shape index (κ3) is 1.87. The first-order valence-electron chi connectivity index (χ1n) is 3.00. The average molecular weight is 124 g/mol. The Bertz CT molecular complexity index is 146. The number of aldehydes is 1. The lowest BCUT2D eigenvalue weighted by Crippen LogP contribution is -1.99. The molecule has 1 fully saturated rings. The maximum Gasteiger partial charge on any atom is 0.192 e. The molecular weight excluding hydrogens is 116 g/mol. The normalized spacial score (nSPS) is 24.7. The minimum Gasteiger partial charge on any atom is -0.366 e. The highest BCUT2D eigenvalue weighted by Crippen LogP contribution is 2.09. The number of carbonyl (C=O) groups is 1. The van der Waals surface area contributed by atoms with E-state index in [9.17, 15) is 4.79 Å². The molecule has 0 aromatic rings. The summed E-state index contributed by atoms with van der Waals surface area (Å²) in [6.45, 7) is 0.790. The Balaban J connectivity index is 2.34. The molecule has 2 nitrogen and oxygen atoms in total. The predicted molar refractivity (Wildman–Crippen MR) is 32.8 cm³/mol. The molecule has 1 saturated heterocycles. The lowest BCUT2D eigenvalue weighted by atomic mass is 10.2. The summed E-state index contributed by atoms with van der Waals surface area (Å²) in [5.41, 5.74) is 0. The Labute approximate surface area is 54.2 Å². The van der Waals surface area contributed by atoms with Crippen LogP contribution in [-0.4, -0.2) is 19.0 Å². The predicted octanol–water partition coefficient (Wildman–Crippen LogP) is 0.368. The molecule has 1 aliphatic heterocycles. The summed E-state index contributed by atoms with van der Waals surface area (Å²) < 4.78 is 5.12. The summed E-state index contributed by atoms with van der Waals surface area (Å²) in [7, 11) is 0. The van der Waals surface area contributed by atoms with Crippen LogP contribution in [0.4, 0.5) is 0 Å². The minimum atomic E-state index is 0.0233. The average Bonchev–Trinajstić information content (AvgIpc) is 2.34. The van der Waals surface area contributed by atoms with Crippen molar-refractivity contribution in [3.8, 4) is 11.8 Å². The summed E-state index contributed by atoms with van der Waals surface area (Å²) in [6, 6.07) is 0. The molecule has 1 unspecified atom stereocenters. The van der Waals surface area contributed by atoms with Crippen molar-refractivity contribution < 1.29 is 9.53 Å². The highest BCUT2D eigenvalue weighted by atomic mass is 16.5. The van der Waals surface area contributed by atoms with Crippen molar-refractivity contribution in [1.82, 2.24) is 0 Å². The maximum atomic E-state index is 9.73. The van der Waals surface area contributed by atoms with E-state index in [0.29, 0.717) is 6.29 Å². The highest BCUT2D eigenvalue weighted by Gasteiger charge is 2.11. The molecular formula is C7H8O2. The van der Waals surface area contributed by atoms with Crippen molar-refractivity contribution in [2.45, 2.75) is 18.9 Å². The zero-order valence-electron chi connectivity index (χ0n) is 5.09. The van der Waals surface area contributed by atoms with Crippen molar-refractivity contribution in [1.29, 1.82) is 0 Å². The van der Waals surface area contributed by atoms with Gasteiger partial charge in [-0.1, -0.05) is 5.92 Å². The lowest BCUT2D eigenvalue weighted by molar-refractivity contribution is -0.103. The molecule has 1 rings (SSSR count). The van der Waals surface area contributed by atoms with Gasteiger partial charge in [-0.25, -0.2) is 0 Å². The van der Waals surface area contributed by atoms with Gasteiger partial charge in [0, 0.05) is 6.61 Å². The highest BCUT2D eigenvalue weighted by molar-refractivity contribution is 5.72. The van der Waals surface area contributed by atoms with Crippen molar-refractivity contribution in [3.63, 3.8) is 0 Å². The van der Waals surface area contributed by atoms with Crippen LogP contribution in [0, 0.1) is 11.8 Å². The van der Waals surface area contributed by atoms with Gasteiger partial charge in [-0.15, -0.1) is 0 Å². The molecule has 2 heteroatoms. The van der Waals surface area contributed by atoms with Crippen LogP contribution >= 0.6 is 0 Å². The van der Waals surface area contributed by atoms with Crippen molar-refractivity contribution in [2.24, 2.45) is 0 Å². The van der Waals surface area contributed by atoms with Crippen molar-refractivity contribution in [2.75, 3.05) is 6.61 Å². The smallest absolute Gasteiger partial charge is 0.192 e. The van der Waals surface area contributed by atoms with Crippen LogP contribution in [0.2, 0.25) is 0 Å². The second kappa shape index (κ2) is 3.26. The fourth-order valence-electron chi connectivity index (χ4n) is 0.818. The second-order valence-electron chi connectivity index (χ2n) is 1.91. The van der Waals surface area contributed by atoms with E-state index in [0.717, 1.165) is 19.4 Å². The number of rotatable bonds is 0. The zero-order chi connectivity index (χ0) is 6.53. The monoisotopic (exact) mass is 124 g/mol. The van der Waals surface area contributed by atoms with Gasteiger partial charge in [-0.2, -0.15) is 0 Å². The van der Waals surface area contributed by atoms with E-state index in [1.54, 1.807) is 0 Å². The quantitative estimate of drug-likeness (QED) is 0.344. The molecule has 1 heterocycles. The number of carbonyl (C=O) groups excluding carboxylic acids is 1. The molecule has 0 N–H and O–H groups in total. The van der Waals surface area contributed by atoms with Crippen LogP contribution in [0.5, 0.6) is 0 Å². The fraction of sp³-hybridized carbons (Fsp3) is 0.571. The van der Waals surface area contributed by atoms with Gasteiger partial charge in [-0.3, -0.25) is 4.79 Å². The molecule has 0 spiro atoms. The molecule has 1 aliphatic rings. The van der Waals surface area contributed by atoms with Gasteiger partial charge < -0.3 is 4.74 Å². The molecule has 0 saturated carbocycles. The summed E-state index contributed by atoms with van der Waals surface area (Å²) >= 11 is 0. The van der Waals surface area contributed by atoms with Crippen LogP contribution < -0.4 is 0 Å². The molecule has 48 valence electrons. The van der Waals surface area contributed by atoms with Gasteiger partial charge in [0.1, 0.15) is 6.10 Å². The number of hydrogen-bond donors (Lipinski definition) is 0. The van der Waals surface area contributed by atoms with Gasteiger partial charge in [0.2, 0.25) is 0 Å². The van der Waals surface area contributed by atoms with Crippen LogP contribution in [0.25, 0.3) is 0 Å². The van der Waals surface area contributed by atoms with Crippen molar-refractivity contribution in [3.05, 3.63) is 0 Å². The molecule has 0 bridgehead atoms. The molecule has 0 amide bonds. The van der Waals surface area contributed by atoms with Crippen LogP contribution in [0.1, 0.15) is 12.8 Å². The number of hydrogen-bond acceptors (Lipinski definition) is 2. The minimum absolute atomic E-state index is 0.0233. The van der Waals surface area contributed by atoms with Crippen LogP contribution in [0.15, 0.2) is 0 Å². The van der Waals surface area contributed by atoms with Gasteiger partial charge in [-0.05, 0) is 18.8 Å². The lowest BCUT2D eigenvalue weighted by Gasteiger charge is -1.94. The number of ether oxygens (including phenoxy) is 1. The van der Waals surface area contributed by atoms with Gasteiger partial charge in [0.15, 0.2) is 6.29 Å². The molecule has 9 heavy (non-hydrogen) atoms. The molecule has 0 aromatic carbocycles. The maximum absolute atomic E-state index is 9.73. The Morgan fingerprint density at radius 1 is 1.67 bits per heavy atom. The third-order valence-electron chi connectivity index (χ3n) is 1.23. The van der Waals surface area contributed by atoms with E-state index >= 15 is 0 Å². The molecule has 1 atom stereocenters. The van der Waals surface area contributed by atoms with E-state index in [2.05, 4.69) is 11.8 Å². The summed E-state index contributed by atoms with van der Waals surface area (Å²) in [6.07, 6.45) is 2.66. The first kappa shape index (κ1) is 6.31. The Hall–Kier alpha value is -0.810. The van der Waals surface area contributed by atoms with E-state index in [-0.39, 0.29) is 6.10 Å². The van der Waals surface area contributed by atoms with Crippen LogP contribution in [-0.2, 0) is 9.53 Å². The standard InChI is InChI=1S/C7H8O2/c8-5-1-3-7-4-2-6-9-7/h5,7H,2,4,6H2. The van der Waals surface area contributed by atoms with Crippen molar-refractivity contribution >= 4 is 6.29 Å². The van der Waals surface area contributed by atoms with E-state index < -0.39 is 0 Å². The Kier molecular flexibility index (Phi) is 2.29. The summed E-state index contributed by atoms with van der Waals surface area (Å²) in [5.74, 6) is 5.03. The largest absolute Gasteiger partial charge is 0.366 e. The SMILES string of the molecule is O=CC#CC1CCCO1. The van der Waals surface area contributed by atoms with Crippen LogP contribution in [0.3, 0.4) is 0 Å². The van der Waals surface area contributed by atoms with Gasteiger partial charge >= 0.3 is 0 Å². The molecule has 0 radical (unpaired) electrons. The van der Waals surface area contributed by atoms with Gasteiger partial charge in [0.25, 0.3) is 0 Å². The Morgan fingerprint density at radius 2 is 2.56 bits per heavy atom. The third-order valence-corrected chi connectivity index (χ3v) is 1.23. The second-order valence-corrected chi connectivity index (χ2v) is 1.91. The Morgan fingerprint density at radius 3 is 3.11 bits per heavy atom. The first-order chi connectivity index (χ1) is 4.43. The summed E-state index contributed by atoms with van der Waals surface area (Å²) in [5, 5.41) is 0. The topological polar surface area (TPSA) is 26.3 Å². The molecule has 0 aromatic heterocycles. The van der Waals surface area contributed by atoms with Gasteiger partial charge in [0.05, 0.1) is 0 Å². The fourth-order valence-corrected chi connectivity index (χ4v) is 0.818. The van der Waals surface area contributed by atoms with E-state index in [4.69, 9.17) is 4.74 Å². The van der Waals surface area contributed by atoms with E-state index in [1.165, 1.54) is 0 Å². The first-order valence-corrected chi connectivity index (χ1v) is 3.00. The molecule has 0 aliphatic carbocycles.